The molecule has 0 saturated carbocycles. The summed E-state index contributed by atoms with van der Waals surface area (Å²) in [5.74, 6) is -1.86. The van der Waals surface area contributed by atoms with E-state index < -0.39 is 34.3 Å². The van der Waals surface area contributed by atoms with Gasteiger partial charge in [0.1, 0.15) is 12.3 Å². The second-order valence-corrected chi connectivity index (χ2v) is 10.7. The molecule has 2 fully saturated rings. The van der Waals surface area contributed by atoms with Crippen molar-refractivity contribution in [1.29, 1.82) is 0 Å². The molecule has 0 bridgehead atoms. The quantitative estimate of drug-likeness (QED) is 0.452. The first kappa shape index (κ1) is 24.4. The highest BCUT2D eigenvalue weighted by Gasteiger charge is 2.47. The number of rotatable bonds is 7. The monoisotopic (exact) mass is 491 g/mol. The van der Waals surface area contributed by atoms with Crippen molar-refractivity contribution >= 4 is 33.4 Å². The van der Waals surface area contributed by atoms with E-state index >= 15 is 0 Å². The molecule has 0 aromatic heterocycles. The van der Waals surface area contributed by atoms with Crippen LogP contribution in [0.4, 0.5) is 5.69 Å². The van der Waals surface area contributed by atoms with Crippen molar-refractivity contribution in [2.45, 2.75) is 37.7 Å². The molecule has 2 saturated heterocycles. The molecular formula is C23H29N3O7S. The Morgan fingerprint density at radius 3 is 2.32 bits per heavy atom. The number of amides is 3. The molecule has 0 spiro atoms. The minimum absolute atomic E-state index is 0.00576. The third-order valence-corrected chi connectivity index (χ3v) is 7.99. The Bertz CT molecular complexity index is 1080. The van der Waals surface area contributed by atoms with Crippen LogP contribution < -0.4 is 10.1 Å². The summed E-state index contributed by atoms with van der Waals surface area (Å²) < 4.78 is 38.5. The first-order valence-electron chi connectivity index (χ1n) is 11.4. The number of likely N-dealkylation sites (tertiary alicyclic amines) is 1. The number of sulfonamides is 1. The van der Waals surface area contributed by atoms with E-state index in [0.29, 0.717) is 31.8 Å². The Labute approximate surface area is 198 Å². The summed E-state index contributed by atoms with van der Waals surface area (Å²) in [7, 11) is -3.80. The van der Waals surface area contributed by atoms with Crippen LogP contribution in [-0.4, -0.2) is 74.3 Å². The molecule has 184 valence electrons. The zero-order chi connectivity index (χ0) is 24.5. The van der Waals surface area contributed by atoms with Crippen molar-refractivity contribution in [2.75, 3.05) is 38.2 Å². The van der Waals surface area contributed by atoms with Crippen LogP contribution in [0, 0.1) is 11.8 Å². The summed E-state index contributed by atoms with van der Waals surface area (Å²) in [6, 6.07) is 4.27. The SMILES string of the molecule is CC(C)Oc1ccc(S(=O)(=O)N2CCOCC2)cc1NC(=O)CN1C(=O)C2CC=CCC2C1=O. The molecule has 2 aliphatic heterocycles. The standard InChI is InChI=1S/C23H29N3O7S/c1-15(2)33-20-8-7-16(34(30,31)25-9-11-32-12-10-25)13-19(20)24-21(27)14-26-22(28)17-5-3-4-6-18(17)23(26)29/h3-4,7-8,13,15,17-18H,5-6,9-12,14H2,1-2H3,(H,24,27). The van der Waals surface area contributed by atoms with Crippen molar-refractivity contribution in [1.82, 2.24) is 9.21 Å². The van der Waals surface area contributed by atoms with Crippen LogP contribution in [0.2, 0.25) is 0 Å². The van der Waals surface area contributed by atoms with E-state index in [-0.39, 0.29) is 41.6 Å². The van der Waals surface area contributed by atoms with Crippen LogP contribution >= 0.6 is 0 Å². The zero-order valence-electron chi connectivity index (χ0n) is 19.2. The molecule has 1 aromatic carbocycles. The molecule has 34 heavy (non-hydrogen) atoms. The molecule has 1 aromatic rings. The Morgan fingerprint density at radius 2 is 1.74 bits per heavy atom. The Balaban J connectivity index is 1.54. The fraction of sp³-hybridized carbons (Fsp3) is 0.522. The highest BCUT2D eigenvalue weighted by molar-refractivity contribution is 7.89. The van der Waals surface area contributed by atoms with E-state index in [4.69, 9.17) is 9.47 Å². The van der Waals surface area contributed by atoms with Gasteiger partial charge < -0.3 is 14.8 Å². The van der Waals surface area contributed by atoms with Gasteiger partial charge in [-0.25, -0.2) is 8.42 Å². The molecule has 2 unspecified atom stereocenters. The van der Waals surface area contributed by atoms with Crippen LogP contribution in [0.5, 0.6) is 5.75 Å². The summed E-state index contributed by atoms with van der Waals surface area (Å²) in [6.45, 7) is 4.28. The van der Waals surface area contributed by atoms with E-state index in [2.05, 4.69) is 5.32 Å². The van der Waals surface area contributed by atoms with Gasteiger partial charge in [0.05, 0.1) is 41.7 Å². The molecule has 1 N–H and O–H groups in total. The van der Waals surface area contributed by atoms with Crippen LogP contribution in [-0.2, 0) is 29.1 Å². The topological polar surface area (TPSA) is 122 Å². The molecule has 4 rings (SSSR count). The number of nitrogens with one attached hydrogen (secondary N) is 1. The van der Waals surface area contributed by atoms with Crippen molar-refractivity contribution in [2.24, 2.45) is 11.8 Å². The van der Waals surface area contributed by atoms with E-state index in [0.717, 1.165) is 4.90 Å². The van der Waals surface area contributed by atoms with Crippen LogP contribution in [0.3, 0.4) is 0 Å². The number of allylic oxidation sites excluding steroid dienone is 2. The number of fused-ring (bicyclic) bond motifs is 1. The molecule has 3 amide bonds. The summed E-state index contributed by atoms with van der Waals surface area (Å²) in [5.41, 5.74) is 0.159. The van der Waals surface area contributed by atoms with Crippen molar-refractivity contribution in [3.05, 3.63) is 30.4 Å². The first-order valence-corrected chi connectivity index (χ1v) is 12.8. The highest BCUT2D eigenvalue weighted by Crippen LogP contribution is 2.35. The average Bonchev–Trinajstić information content (AvgIpc) is 3.05. The number of benzene rings is 1. The van der Waals surface area contributed by atoms with Gasteiger partial charge >= 0.3 is 0 Å². The minimum Gasteiger partial charge on any atom is -0.489 e. The van der Waals surface area contributed by atoms with Crippen molar-refractivity contribution in [3.63, 3.8) is 0 Å². The maximum absolute atomic E-state index is 13.1. The number of hydrogen-bond acceptors (Lipinski definition) is 7. The average molecular weight is 492 g/mol. The second kappa shape index (κ2) is 9.85. The number of morpholine rings is 1. The highest BCUT2D eigenvalue weighted by atomic mass is 32.2. The fourth-order valence-electron chi connectivity index (χ4n) is 4.42. The number of imide groups is 1. The van der Waals surface area contributed by atoms with E-state index in [9.17, 15) is 22.8 Å². The maximum atomic E-state index is 13.1. The fourth-order valence-corrected chi connectivity index (χ4v) is 5.85. The zero-order valence-corrected chi connectivity index (χ0v) is 20.0. The largest absolute Gasteiger partial charge is 0.489 e. The van der Waals surface area contributed by atoms with Crippen LogP contribution in [0.15, 0.2) is 35.2 Å². The summed E-state index contributed by atoms with van der Waals surface area (Å²) in [4.78, 5) is 39.2. The van der Waals surface area contributed by atoms with E-state index in [1.165, 1.54) is 22.5 Å². The molecular weight excluding hydrogens is 462 g/mol. The Hall–Kier alpha value is -2.76. The molecule has 2 atom stereocenters. The van der Waals surface area contributed by atoms with Crippen molar-refractivity contribution < 1.29 is 32.3 Å². The van der Waals surface area contributed by atoms with E-state index in [1.54, 1.807) is 13.8 Å². The summed E-state index contributed by atoms with van der Waals surface area (Å²) >= 11 is 0. The lowest BCUT2D eigenvalue weighted by Crippen LogP contribution is -2.40. The number of ether oxygens (including phenoxy) is 2. The van der Waals surface area contributed by atoms with Gasteiger partial charge in [0, 0.05) is 13.1 Å². The first-order chi connectivity index (χ1) is 16.2. The van der Waals surface area contributed by atoms with Gasteiger partial charge in [-0.05, 0) is 44.9 Å². The second-order valence-electron chi connectivity index (χ2n) is 8.81. The van der Waals surface area contributed by atoms with Gasteiger partial charge in [0.25, 0.3) is 0 Å². The van der Waals surface area contributed by atoms with Gasteiger partial charge in [-0.3, -0.25) is 19.3 Å². The number of hydrogen-bond donors (Lipinski definition) is 1. The van der Waals surface area contributed by atoms with Gasteiger partial charge in [-0.2, -0.15) is 4.31 Å². The maximum Gasteiger partial charge on any atom is 0.244 e. The van der Waals surface area contributed by atoms with Crippen molar-refractivity contribution in [3.8, 4) is 5.75 Å². The van der Waals surface area contributed by atoms with Gasteiger partial charge in [-0.1, -0.05) is 12.2 Å². The lowest BCUT2D eigenvalue weighted by molar-refractivity contribution is -0.142. The summed E-state index contributed by atoms with van der Waals surface area (Å²) in [5, 5.41) is 2.65. The molecule has 10 nitrogen and oxygen atoms in total. The lowest BCUT2D eigenvalue weighted by atomic mass is 9.85. The third kappa shape index (κ3) is 4.86. The van der Waals surface area contributed by atoms with E-state index in [1.807, 2.05) is 12.2 Å². The molecule has 2 heterocycles. The smallest absolute Gasteiger partial charge is 0.244 e. The predicted octanol–water partition coefficient (Wildman–Crippen LogP) is 1.38. The number of anilines is 1. The predicted molar refractivity (Wildman–Crippen MR) is 122 cm³/mol. The number of carbonyl (C=O) groups is 3. The summed E-state index contributed by atoms with van der Waals surface area (Å²) in [6.07, 6.45) is 4.51. The van der Waals surface area contributed by atoms with Gasteiger partial charge in [0.15, 0.2) is 0 Å². The third-order valence-electron chi connectivity index (χ3n) is 6.10. The Morgan fingerprint density at radius 1 is 1.12 bits per heavy atom. The Kier molecular flexibility index (Phi) is 7.06. The molecule has 11 heteroatoms. The molecule has 1 aliphatic carbocycles. The lowest BCUT2D eigenvalue weighted by Gasteiger charge is -2.26. The van der Waals surface area contributed by atoms with Gasteiger partial charge in [0.2, 0.25) is 27.7 Å². The number of carbonyl (C=O) groups excluding carboxylic acids is 3. The molecule has 0 radical (unpaired) electrons. The number of nitrogens with zero attached hydrogens (tertiary/aromatic N) is 2. The van der Waals surface area contributed by atoms with Gasteiger partial charge in [-0.15, -0.1) is 0 Å². The molecule has 3 aliphatic rings. The van der Waals surface area contributed by atoms with Crippen LogP contribution in [0.1, 0.15) is 26.7 Å². The minimum atomic E-state index is -3.80. The normalized spacial score (nSPS) is 23.3. The van der Waals surface area contributed by atoms with Crippen LogP contribution in [0.25, 0.3) is 0 Å².